The summed E-state index contributed by atoms with van der Waals surface area (Å²) < 4.78 is 19.5. The summed E-state index contributed by atoms with van der Waals surface area (Å²) in [6.45, 7) is 6.33. The lowest BCUT2D eigenvalue weighted by atomic mass is 9.87. The molecular formula is C22H22FN3O2. The maximum absolute atomic E-state index is 14.1. The number of carbonyl (C=O) groups is 1. The Hall–Kier alpha value is -3.28. The number of nitrogens with one attached hydrogen (secondary N) is 1. The van der Waals surface area contributed by atoms with E-state index < -0.39 is 5.82 Å². The molecule has 2 aromatic carbocycles. The smallest absolute Gasteiger partial charge is 0.255 e. The minimum absolute atomic E-state index is 0.0179. The lowest BCUT2D eigenvalue weighted by Crippen LogP contribution is -2.14. The van der Waals surface area contributed by atoms with Crippen LogP contribution in [0.1, 0.15) is 42.3 Å². The number of ether oxygens (including phenoxy) is 1. The Morgan fingerprint density at radius 3 is 2.50 bits per heavy atom. The maximum Gasteiger partial charge on any atom is 0.255 e. The number of hydrogen-bond donors (Lipinski definition) is 1. The number of anilines is 1. The minimum atomic E-state index is -0.420. The van der Waals surface area contributed by atoms with Crippen LogP contribution in [0.2, 0.25) is 0 Å². The van der Waals surface area contributed by atoms with Crippen LogP contribution in [0, 0.1) is 5.82 Å². The summed E-state index contributed by atoms with van der Waals surface area (Å²) in [5.74, 6) is -0.375. The van der Waals surface area contributed by atoms with Crippen molar-refractivity contribution in [2.75, 3.05) is 5.32 Å². The van der Waals surface area contributed by atoms with Crippen molar-refractivity contribution in [3.8, 4) is 5.88 Å². The standard InChI is InChI=1S/C22H22FN3O2/c1-22(2,3)17-6-4-15(5-7-17)21(27)26-18-8-9-19(23)16(12-18)14-28-20-13-24-10-11-25-20/h4-13H,14H2,1-3H3,(H,26,27). The molecule has 0 radical (unpaired) electrons. The topological polar surface area (TPSA) is 64.1 Å². The molecule has 0 atom stereocenters. The molecule has 0 unspecified atom stereocenters. The van der Waals surface area contributed by atoms with Gasteiger partial charge in [0.1, 0.15) is 12.4 Å². The molecule has 144 valence electrons. The third kappa shape index (κ3) is 4.91. The fourth-order valence-electron chi connectivity index (χ4n) is 2.60. The van der Waals surface area contributed by atoms with Crippen molar-refractivity contribution >= 4 is 11.6 Å². The first-order valence-electron chi connectivity index (χ1n) is 8.92. The predicted octanol–water partition coefficient (Wildman–Crippen LogP) is 4.74. The molecule has 0 bridgehead atoms. The van der Waals surface area contributed by atoms with Crippen LogP contribution in [0.25, 0.3) is 0 Å². The summed E-state index contributed by atoms with van der Waals surface area (Å²) in [7, 11) is 0. The minimum Gasteiger partial charge on any atom is -0.472 e. The van der Waals surface area contributed by atoms with Crippen molar-refractivity contribution < 1.29 is 13.9 Å². The Bertz CT molecular complexity index is 952. The molecule has 0 aliphatic rings. The normalized spacial score (nSPS) is 11.1. The number of amides is 1. The zero-order valence-electron chi connectivity index (χ0n) is 16.1. The van der Waals surface area contributed by atoms with Gasteiger partial charge in [-0.2, -0.15) is 0 Å². The van der Waals surface area contributed by atoms with Gasteiger partial charge in [0.25, 0.3) is 5.91 Å². The third-order valence-electron chi connectivity index (χ3n) is 4.23. The Balaban J connectivity index is 1.69. The van der Waals surface area contributed by atoms with E-state index >= 15 is 0 Å². The number of carbonyl (C=O) groups excluding carboxylic acids is 1. The van der Waals surface area contributed by atoms with Crippen molar-refractivity contribution in [2.45, 2.75) is 32.8 Å². The van der Waals surface area contributed by atoms with Gasteiger partial charge in [-0.05, 0) is 41.3 Å². The highest BCUT2D eigenvalue weighted by molar-refractivity contribution is 6.04. The van der Waals surface area contributed by atoms with E-state index in [2.05, 4.69) is 36.1 Å². The first-order valence-corrected chi connectivity index (χ1v) is 8.92. The van der Waals surface area contributed by atoms with E-state index in [-0.39, 0.29) is 17.9 Å². The molecule has 1 N–H and O–H groups in total. The number of nitrogens with zero attached hydrogens (tertiary/aromatic N) is 2. The molecule has 0 fully saturated rings. The summed E-state index contributed by atoms with van der Waals surface area (Å²) in [6.07, 6.45) is 4.47. The molecule has 0 saturated carbocycles. The van der Waals surface area contributed by atoms with Crippen molar-refractivity contribution in [1.82, 2.24) is 9.97 Å². The van der Waals surface area contributed by atoms with Gasteiger partial charge in [0, 0.05) is 29.2 Å². The average Bonchev–Trinajstić information content (AvgIpc) is 2.68. The Morgan fingerprint density at radius 2 is 1.86 bits per heavy atom. The van der Waals surface area contributed by atoms with E-state index in [0.717, 1.165) is 5.56 Å². The van der Waals surface area contributed by atoms with Gasteiger partial charge in [-0.3, -0.25) is 9.78 Å². The van der Waals surface area contributed by atoms with Crippen molar-refractivity contribution in [2.24, 2.45) is 0 Å². The summed E-state index contributed by atoms with van der Waals surface area (Å²) in [4.78, 5) is 20.4. The van der Waals surface area contributed by atoms with E-state index in [4.69, 9.17) is 4.74 Å². The lowest BCUT2D eigenvalue weighted by molar-refractivity contribution is 0.102. The summed E-state index contributed by atoms with van der Waals surface area (Å²) in [5, 5.41) is 2.79. The van der Waals surface area contributed by atoms with Gasteiger partial charge in [0.2, 0.25) is 5.88 Å². The quantitative estimate of drug-likeness (QED) is 0.695. The zero-order chi connectivity index (χ0) is 20.1. The highest BCUT2D eigenvalue weighted by Crippen LogP contribution is 2.23. The van der Waals surface area contributed by atoms with Crippen molar-refractivity contribution in [3.05, 3.63) is 83.6 Å². The van der Waals surface area contributed by atoms with Crippen LogP contribution >= 0.6 is 0 Å². The fourth-order valence-corrected chi connectivity index (χ4v) is 2.60. The van der Waals surface area contributed by atoms with Gasteiger partial charge in [0.15, 0.2) is 0 Å². The molecular weight excluding hydrogens is 357 g/mol. The number of benzene rings is 2. The van der Waals surface area contributed by atoms with Crippen molar-refractivity contribution in [3.63, 3.8) is 0 Å². The van der Waals surface area contributed by atoms with Gasteiger partial charge >= 0.3 is 0 Å². The Kier molecular flexibility index (Phi) is 5.68. The second-order valence-electron chi connectivity index (χ2n) is 7.42. The Morgan fingerprint density at radius 1 is 1.11 bits per heavy atom. The van der Waals surface area contributed by atoms with Crippen LogP contribution in [0.4, 0.5) is 10.1 Å². The highest BCUT2D eigenvalue weighted by atomic mass is 19.1. The molecule has 3 aromatic rings. The van der Waals surface area contributed by atoms with Crippen LogP contribution in [0.15, 0.2) is 61.1 Å². The second-order valence-corrected chi connectivity index (χ2v) is 7.42. The maximum atomic E-state index is 14.1. The lowest BCUT2D eigenvalue weighted by Gasteiger charge is -2.19. The number of rotatable bonds is 5. The number of aromatic nitrogens is 2. The summed E-state index contributed by atoms with van der Waals surface area (Å²) in [6, 6.07) is 11.8. The van der Waals surface area contributed by atoms with Crippen LogP contribution in [0.5, 0.6) is 5.88 Å². The van der Waals surface area contributed by atoms with Crippen LogP contribution in [0.3, 0.4) is 0 Å². The van der Waals surface area contributed by atoms with Gasteiger partial charge in [-0.15, -0.1) is 0 Å². The average molecular weight is 379 g/mol. The molecule has 6 heteroatoms. The van der Waals surface area contributed by atoms with E-state index in [9.17, 15) is 9.18 Å². The van der Waals surface area contributed by atoms with E-state index in [1.54, 1.807) is 18.2 Å². The molecule has 3 rings (SSSR count). The summed E-state index contributed by atoms with van der Waals surface area (Å²) >= 11 is 0. The van der Waals surface area contributed by atoms with Gasteiger partial charge in [-0.1, -0.05) is 32.9 Å². The molecule has 28 heavy (non-hydrogen) atoms. The number of hydrogen-bond acceptors (Lipinski definition) is 4. The van der Waals surface area contributed by atoms with Gasteiger partial charge in [-0.25, -0.2) is 9.37 Å². The molecule has 0 aliphatic heterocycles. The largest absolute Gasteiger partial charge is 0.472 e. The monoisotopic (exact) mass is 379 g/mol. The van der Waals surface area contributed by atoms with Gasteiger partial charge in [0.05, 0.1) is 6.20 Å². The number of halogens is 1. The molecule has 1 amide bonds. The summed E-state index contributed by atoms with van der Waals surface area (Å²) in [5.41, 5.74) is 2.50. The fraction of sp³-hybridized carbons (Fsp3) is 0.227. The highest BCUT2D eigenvalue weighted by Gasteiger charge is 2.15. The Labute approximate surface area is 163 Å². The first-order chi connectivity index (χ1) is 13.3. The third-order valence-corrected chi connectivity index (χ3v) is 4.23. The van der Waals surface area contributed by atoms with Gasteiger partial charge < -0.3 is 10.1 Å². The molecule has 1 heterocycles. The molecule has 0 aliphatic carbocycles. The molecule has 1 aromatic heterocycles. The SMILES string of the molecule is CC(C)(C)c1ccc(C(=O)Nc2ccc(F)c(COc3cnccn3)c2)cc1. The van der Waals surface area contributed by atoms with E-state index in [1.165, 1.54) is 30.7 Å². The molecule has 5 nitrogen and oxygen atoms in total. The predicted molar refractivity (Wildman–Crippen MR) is 106 cm³/mol. The zero-order valence-corrected chi connectivity index (χ0v) is 16.1. The molecule has 0 spiro atoms. The van der Waals surface area contributed by atoms with E-state index in [0.29, 0.717) is 22.7 Å². The van der Waals surface area contributed by atoms with Crippen molar-refractivity contribution in [1.29, 1.82) is 0 Å². The van der Waals surface area contributed by atoms with Crippen LogP contribution in [-0.2, 0) is 12.0 Å². The molecule has 0 saturated heterocycles. The van der Waals surface area contributed by atoms with Crippen LogP contribution < -0.4 is 10.1 Å². The van der Waals surface area contributed by atoms with E-state index in [1.807, 2.05) is 12.1 Å². The first kappa shape index (κ1) is 19.5. The second kappa shape index (κ2) is 8.17. The van der Waals surface area contributed by atoms with Crippen LogP contribution in [-0.4, -0.2) is 15.9 Å².